The molecule has 1 aromatic rings. The third kappa shape index (κ3) is 2.49. The Balaban J connectivity index is 1.53. The van der Waals surface area contributed by atoms with E-state index >= 15 is 0 Å². The van der Waals surface area contributed by atoms with Crippen LogP contribution in [0, 0.1) is 6.92 Å². The molecule has 3 rings (SSSR count). The number of anilines is 1. The highest BCUT2D eigenvalue weighted by Gasteiger charge is 2.31. The maximum atomic E-state index is 5.92. The summed E-state index contributed by atoms with van der Waals surface area (Å²) < 4.78 is 5.92. The molecule has 1 N–H and O–H groups in total. The van der Waals surface area contributed by atoms with Gasteiger partial charge in [0, 0.05) is 25.3 Å². The molecule has 0 bridgehead atoms. The van der Waals surface area contributed by atoms with Gasteiger partial charge < -0.3 is 10.1 Å². The molecular weight excluding hydrogens is 226 g/mol. The zero-order valence-corrected chi connectivity index (χ0v) is 10.9. The second-order valence-electron chi connectivity index (χ2n) is 5.30. The Bertz CT molecular complexity index is 410. The van der Waals surface area contributed by atoms with Crippen molar-refractivity contribution < 1.29 is 4.74 Å². The largest absolute Gasteiger partial charge is 0.373 e. The van der Waals surface area contributed by atoms with Crippen molar-refractivity contribution in [1.29, 1.82) is 0 Å². The average molecular weight is 247 g/mol. The highest BCUT2D eigenvalue weighted by Crippen LogP contribution is 2.22. The van der Waals surface area contributed by atoms with Gasteiger partial charge in [-0.15, -0.1) is 0 Å². The standard InChI is InChI=1S/C14H21N3O/c1-11-4-2-6-15-14(11)16-8-13-9-17-7-3-5-12(17)10-18-13/h2,4,6,12-13H,3,5,7-10H2,1H3,(H,15,16). The van der Waals surface area contributed by atoms with E-state index in [1.165, 1.54) is 24.9 Å². The van der Waals surface area contributed by atoms with E-state index in [0.717, 1.165) is 25.5 Å². The van der Waals surface area contributed by atoms with Gasteiger partial charge in [-0.1, -0.05) is 6.07 Å². The Morgan fingerprint density at radius 1 is 1.56 bits per heavy atom. The van der Waals surface area contributed by atoms with E-state index in [2.05, 4.69) is 28.2 Å². The van der Waals surface area contributed by atoms with Crippen molar-refractivity contribution in [3.05, 3.63) is 23.9 Å². The van der Waals surface area contributed by atoms with E-state index in [4.69, 9.17) is 4.74 Å². The minimum atomic E-state index is 0.292. The summed E-state index contributed by atoms with van der Waals surface area (Å²) in [5, 5.41) is 3.40. The first-order chi connectivity index (χ1) is 8.83. The predicted molar refractivity (Wildman–Crippen MR) is 71.8 cm³/mol. The number of morpholine rings is 1. The molecule has 0 aromatic carbocycles. The van der Waals surface area contributed by atoms with Crippen LogP contribution in [-0.4, -0.2) is 48.3 Å². The quantitative estimate of drug-likeness (QED) is 0.881. The molecular formula is C14H21N3O. The number of nitrogens with one attached hydrogen (secondary N) is 1. The SMILES string of the molecule is Cc1cccnc1NCC1CN2CCCC2CO1. The van der Waals surface area contributed by atoms with Gasteiger partial charge in [0.2, 0.25) is 0 Å². The number of fused-ring (bicyclic) bond motifs is 1. The Hall–Kier alpha value is -1.13. The summed E-state index contributed by atoms with van der Waals surface area (Å²) in [7, 11) is 0. The number of nitrogens with zero attached hydrogens (tertiary/aromatic N) is 2. The highest BCUT2D eigenvalue weighted by atomic mass is 16.5. The van der Waals surface area contributed by atoms with Crippen molar-refractivity contribution in [2.24, 2.45) is 0 Å². The van der Waals surface area contributed by atoms with Gasteiger partial charge in [0.05, 0.1) is 12.7 Å². The minimum absolute atomic E-state index is 0.292. The van der Waals surface area contributed by atoms with Crippen molar-refractivity contribution in [2.45, 2.75) is 31.9 Å². The Morgan fingerprint density at radius 2 is 2.50 bits per heavy atom. The van der Waals surface area contributed by atoms with E-state index < -0.39 is 0 Å². The molecule has 2 fully saturated rings. The van der Waals surface area contributed by atoms with Gasteiger partial charge in [0.15, 0.2) is 0 Å². The topological polar surface area (TPSA) is 37.4 Å². The van der Waals surface area contributed by atoms with Gasteiger partial charge >= 0.3 is 0 Å². The lowest BCUT2D eigenvalue weighted by Crippen LogP contribution is -2.48. The van der Waals surface area contributed by atoms with E-state index in [9.17, 15) is 0 Å². The maximum absolute atomic E-state index is 5.92. The monoisotopic (exact) mass is 247 g/mol. The molecule has 98 valence electrons. The van der Waals surface area contributed by atoms with Crippen molar-refractivity contribution >= 4 is 5.82 Å². The number of ether oxygens (including phenoxy) is 1. The van der Waals surface area contributed by atoms with Crippen LogP contribution < -0.4 is 5.32 Å². The maximum Gasteiger partial charge on any atom is 0.128 e. The van der Waals surface area contributed by atoms with E-state index in [0.29, 0.717) is 12.1 Å². The van der Waals surface area contributed by atoms with Crippen molar-refractivity contribution in [2.75, 3.05) is 31.6 Å². The number of aromatic nitrogens is 1. The molecule has 2 aliphatic rings. The molecule has 0 radical (unpaired) electrons. The van der Waals surface area contributed by atoms with Gasteiger partial charge in [-0.3, -0.25) is 4.90 Å². The zero-order chi connectivity index (χ0) is 12.4. The van der Waals surface area contributed by atoms with Crippen LogP contribution in [0.5, 0.6) is 0 Å². The second kappa shape index (κ2) is 5.24. The highest BCUT2D eigenvalue weighted by molar-refractivity contribution is 5.42. The molecule has 18 heavy (non-hydrogen) atoms. The van der Waals surface area contributed by atoms with E-state index in [1.54, 1.807) is 0 Å². The predicted octanol–water partition coefficient (Wildman–Crippen LogP) is 1.67. The smallest absolute Gasteiger partial charge is 0.128 e. The summed E-state index contributed by atoms with van der Waals surface area (Å²) in [5.74, 6) is 0.977. The Kier molecular flexibility index (Phi) is 3.48. The minimum Gasteiger partial charge on any atom is -0.373 e. The lowest BCUT2D eigenvalue weighted by atomic mass is 10.2. The molecule has 4 nitrogen and oxygen atoms in total. The van der Waals surface area contributed by atoms with Crippen LogP contribution in [0.1, 0.15) is 18.4 Å². The molecule has 3 heterocycles. The summed E-state index contributed by atoms with van der Waals surface area (Å²) >= 11 is 0. The lowest BCUT2D eigenvalue weighted by molar-refractivity contribution is -0.0416. The van der Waals surface area contributed by atoms with Crippen LogP contribution in [0.2, 0.25) is 0 Å². The average Bonchev–Trinajstić information content (AvgIpc) is 2.85. The van der Waals surface area contributed by atoms with Crippen LogP contribution >= 0.6 is 0 Å². The van der Waals surface area contributed by atoms with Gasteiger partial charge in [-0.2, -0.15) is 0 Å². The van der Waals surface area contributed by atoms with Crippen LogP contribution in [0.15, 0.2) is 18.3 Å². The first kappa shape index (κ1) is 11.9. The van der Waals surface area contributed by atoms with Crippen molar-refractivity contribution in [3.63, 3.8) is 0 Å². The Labute approximate surface area is 108 Å². The molecule has 2 aliphatic heterocycles. The van der Waals surface area contributed by atoms with Crippen LogP contribution in [-0.2, 0) is 4.74 Å². The number of aryl methyl sites for hydroxylation is 1. The van der Waals surface area contributed by atoms with Gasteiger partial charge in [0.25, 0.3) is 0 Å². The molecule has 0 spiro atoms. The lowest BCUT2D eigenvalue weighted by Gasteiger charge is -2.35. The fourth-order valence-electron chi connectivity index (χ4n) is 2.89. The van der Waals surface area contributed by atoms with Crippen molar-refractivity contribution in [3.8, 4) is 0 Å². The second-order valence-corrected chi connectivity index (χ2v) is 5.30. The third-order valence-electron chi connectivity index (χ3n) is 3.97. The number of hydrogen-bond donors (Lipinski definition) is 1. The molecule has 4 heteroatoms. The molecule has 1 aromatic heterocycles. The van der Waals surface area contributed by atoms with Crippen LogP contribution in [0.4, 0.5) is 5.82 Å². The molecule has 0 saturated carbocycles. The molecule has 2 unspecified atom stereocenters. The fourth-order valence-corrected chi connectivity index (χ4v) is 2.89. The molecule has 2 saturated heterocycles. The fraction of sp³-hybridized carbons (Fsp3) is 0.643. The van der Waals surface area contributed by atoms with Gasteiger partial charge in [-0.25, -0.2) is 4.98 Å². The Morgan fingerprint density at radius 3 is 3.39 bits per heavy atom. The van der Waals surface area contributed by atoms with Crippen LogP contribution in [0.3, 0.4) is 0 Å². The summed E-state index contributed by atoms with van der Waals surface area (Å²) in [6, 6.07) is 4.72. The number of rotatable bonds is 3. The van der Waals surface area contributed by atoms with Gasteiger partial charge in [0.1, 0.15) is 5.82 Å². The summed E-state index contributed by atoms with van der Waals surface area (Å²) in [5.41, 5.74) is 1.19. The van der Waals surface area contributed by atoms with E-state index in [-0.39, 0.29) is 0 Å². The summed E-state index contributed by atoms with van der Waals surface area (Å²) in [4.78, 5) is 6.92. The molecule has 2 atom stereocenters. The first-order valence-corrected chi connectivity index (χ1v) is 6.84. The summed E-state index contributed by atoms with van der Waals surface area (Å²) in [6.07, 6.45) is 4.75. The number of pyridine rings is 1. The number of hydrogen-bond acceptors (Lipinski definition) is 4. The normalized spacial score (nSPS) is 28.1. The molecule has 0 aliphatic carbocycles. The van der Waals surface area contributed by atoms with Gasteiger partial charge in [-0.05, 0) is 37.9 Å². The molecule has 0 amide bonds. The summed E-state index contributed by atoms with van der Waals surface area (Å²) in [6.45, 7) is 6.12. The third-order valence-corrected chi connectivity index (χ3v) is 3.97. The first-order valence-electron chi connectivity index (χ1n) is 6.84. The zero-order valence-electron chi connectivity index (χ0n) is 10.9. The van der Waals surface area contributed by atoms with Crippen LogP contribution in [0.25, 0.3) is 0 Å². The van der Waals surface area contributed by atoms with E-state index in [1.807, 2.05) is 12.3 Å². The van der Waals surface area contributed by atoms with Crippen molar-refractivity contribution in [1.82, 2.24) is 9.88 Å².